The lowest BCUT2D eigenvalue weighted by atomic mass is 10.1. The number of anilines is 1. The Balaban J connectivity index is 1.53. The van der Waals surface area contributed by atoms with E-state index in [1.807, 2.05) is 0 Å². The topological polar surface area (TPSA) is 15.3 Å². The number of benzene rings is 1. The largest absolute Gasteiger partial charge is 0.370 e. The standard InChI is InChI=1S/C17H21BrN2S/c18-15-11-16(21-13-15)12-19-8-10-20-9-4-3-6-14-5-1-2-7-17(14)20/h1-2,5,7,11,13,19H,3-4,6,8-10,12H2. The van der Waals surface area contributed by atoms with Crippen molar-refractivity contribution in [2.45, 2.75) is 25.8 Å². The number of thiophene rings is 1. The number of nitrogens with zero attached hydrogens (tertiary/aromatic N) is 1. The van der Waals surface area contributed by atoms with Crippen LogP contribution >= 0.6 is 27.3 Å². The number of para-hydroxylation sites is 1. The molecule has 112 valence electrons. The molecule has 1 aliphatic heterocycles. The lowest BCUT2D eigenvalue weighted by Gasteiger charge is -2.25. The fourth-order valence-electron chi connectivity index (χ4n) is 2.87. The Hall–Kier alpha value is -0.840. The van der Waals surface area contributed by atoms with E-state index in [4.69, 9.17) is 0 Å². The summed E-state index contributed by atoms with van der Waals surface area (Å²) >= 11 is 5.31. The molecule has 0 fully saturated rings. The summed E-state index contributed by atoms with van der Waals surface area (Å²) in [6.45, 7) is 4.27. The Morgan fingerprint density at radius 3 is 3.00 bits per heavy atom. The van der Waals surface area contributed by atoms with Crippen molar-refractivity contribution in [3.05, 3.63) is 50.6 Å². The molecule has 1 N–H and O–H groups in total. The highest BCUT2D eigenvalue weighted by Crippen LogP contribution is 2.25. The SMILES string of the molecule is Brc1csc(CNCCN2CCCCc3ccccc32)c1. The van der Waals surface area contributed by atoms with E-state index in [9.17, 15) is 0 Å². The van der Waals surface area contributed by atoms with Crippen molar-refractivity contribution in [3.8, 4) is 0 Å². The molecule has 1 aromatic heterocycles. The van der Waals surface area contributed by atoms with Crippen LogP contribution in [0.15, 0.2) is 40.2 Å². The molecule has 3 rings (SSSR count). The molecule has 2 heterocycles. The maximum absolute atomic E-state index is 3.56. The van der Waals surface area contributed by atoms with Crippen LogP contribution in [0.4, 0.5) is 5.69 Å². The highest BCUT2D eigenvalue weighted by molar-refractivity contribution is 9.10. The normalized spacial score (nSPS) is 14.8. The Morgan fingerprint density at radius 1 is 1.24 bits per heavy atom. The Labute approximate surface area is 139 Å². The molecule has 21 heavy (non-hydrogen) atoms. The Bertz CT molecular complexity index is 582. The van der Waals surface area contributed by atoms with Crippen molar-refractivity contribution < 1.29 is 0 Å². The summed E-state index contributed by atoms with van der Waals surface area (Å²) in [4.78, 5) is 3.93. The molecule has 4 heteroatoms. The highest BCUT2D eigenvalue weighted by Gasteiger charge is 2.13. The predicted molar refractivity (Wildman–Crippen MR) is 95.3 cm³/mol. The first-order chi connectivity index (χ1) is 10.3. The molecule has 0 bridgehead atoms. The number of hydrogen-bond donors (Lipinski definition) is 1. The minimum atomic E-state index is 0.964. The minimum Gasteiger partial charge on any atom is -0.370 e. The van der Waals surface area contributed by atoms with Crippen molar-refractivity contribution in [1.29, 1.82) is 0 Å². The van der Waals surface area contributed by atoms with E-state index >= 15 is 0 Å². The maximum Gasteiger partial charge on any atom is 0.0399 e. The molecular formula is C17H21BrN2S. The number of fused-ring (bicyclic) bond motifs is 1. The van der Waals surface area contributed by atoms with Gasteiger partial charge in [-0.3, -0.25) is 0 Å². The van der Waals surface area contributed by atoms with Crippen LogP contribution in [-0.2, 0) is 13.0 Å². The average Bonchev–Trinajstić information content (AvgIpc) is 2.80. The monoisotopic (exact) mass is 364 g/mol. The predicted octanol–water partition coefficient (Wildman–Crippen LogP) is 4.44. The summed E-state index contributed by atoms with van der Waals surface area (Å²) in [5, 5.41) is 5.70. The molecule has 0 amide bonds. The fraction of sp³-hybridized carbons (Fsp3) is 0.412. The molecule has 0 aliphatic carbocycles. The lowest BCUT2D eigenvalue weighted by Crippen LogP contribution is -2.32. The zero-order chi connectivity index (χ0) is 14.5. The first kappa shape index (κ1) is 15.1. The Kier molecular flexibility index (Phi) is 5.33. The van der Waals surface area contributed by atoms with Crippen LogP contribution in [0.5, 0.6) is 0 Å². The first-order valence-electron chi connectivity index (χ1n) is 7.59. The van der Waals surface area contributed by atoms with E-state index < -0.39 is 0 Å². The third-order valence-corrected chi connectivity index (χ3v) is 5.63. The summed E-state index contributed by atoms with van der Waals surface area (Å²) in [6.07, 6.45) is 3.83. The van der Waals surface area contributed by atoms with Crippen molar-refractivity contribution in [2.24, 2.45) is 0 Å². The number of hydrogen-bond acceptors (Lipinski definition) is 3. The van der Waals surface area contributed by atoms with Gasteiger partial charge in [-0.15, -0.1) is 11.3 Å². The zero-order valence-electron chi connectivity index (χ0n) is 12.1. The van der Waals surface area contributed by atoms with Gasteiger partial charge in [0.25, 0.3) is 0 Å². The van der Waals surface area contributed by atoms with Crippen LogP contribution in [0.25, 0.3) is 0 Å². The summed E-state index contributed by atoms with van der Waals surface area (Å²) in [5.74, 6) is 0. The average molecular weight is 365 g/mol. The summed E-state index contributed by atoms with van der Waals surface area (Å²) in [7, 11) is 0. The third-order valence-electron chi connectivity index (χ3n) is 3.94. The van der Waals surface area contributed by atoms with Gasteiger partial charge < -0.3 is 10.2 Å². The zero-order valence-corrected chi connectivity index (χ0v) is 14.5. The minimum absolute atomic E-state index is 0.964. The molecule has 0 spiro atoms. The molecule has 0 atom stereocenters. The molecule has 0 radical (unpaired) electrons. The van der Waals surface area contributed by atoms with E-state index in [2.05, 4.69) is 61.9 Å². The number of aryl methyl sites for hydroxylation is 1. The van der Waals surface area contributed by atoms with Gasteiger partial charge in [-0.2, -0.15) is 0 Å². The molecule has 2 nitrogen and oxygen atoms in total. The quantitative estimate of drug-likeness (QED) is 0.788. The summed E-state index contributed by atoms with van der Waals surface area (Å²) < 4.78 is 1.19. The van der Waals surface area contributed by atoms with Gasteiger partial charge in [0.15, 0.2) is 0 Å². The van der Waals surface area contributed by atoms with Crippen molar-refractivity contribution >= 4 is 33.0 Å². The second kappa shape index (κ2) is 7.43. The molecule has 2 aromatic rings. The second-order valence-electron chi connectivity index (χ2n) is 5.48. The fourth-order valence-corrected chi connectivity index (χ4v) is 4.29. The van der Waals surface area contributed by atoms with Gasteiger partial charge in [0.05, 0.1) is 0 Å². The maximum atomic E-state index is 3.56. The van der Waals surface area contributed by atoms with Crippen LogP contribution in [0.2, 0.25) is 0 Å². The van der Waals surface area contributed by atoms with Crippen molar-refractivity contribution in [2.75, 3.05) is 24.5 Å². The molecular weight excluding hydrogens is 344 g/mol. The number of halogens is 1. The molecule has 1 aromatic carbocycles. The van der Waals surface area contributed by atoms with Gasteiger partial charge in [-0.25, -0.2) is 0 Å². The second-order valence-corrected chi connectivity index (χ2v) is 7.39. The molecule has 0 saturated heterocycles. The summed E-state index contributed by atoms with van der Waals surface area (Å²) in [5.41, 5.74) is 2.95. The van der Waals surface area contributed by atoms with Gasteiger partial charge in [0.2, 0.25) is 0 Å². The van der Waals surface area contributed by atoms with Gasteiger partial charge in [0.1, 0.15) is 0 Å². The van der Waals surface area contributed by atoms with Crippen molar-refractivity contribution in [3.63, 3.8) is 0 Å². The van der Waals surface area contributed by atoms with Crippen molar-refractivity contribution in [1.82, 2.24) is 5.32 Å². The molecule has 0 saturated carbocycles. The highest BCUT2D eigenvalue weighted by atomic mass is 79.9. The van der Waals surface area contributed by atoms with E-state index in [0.717, 1.165) is 19.6 Å². The van der Waals surface area contributed by atoms with Crippen LogP contribution in [0, 0.1) is 0 Å². The number of rotatable bonds is 5. The van der Waals surface area contributed by atoms with E-state index in [0.29, 0.717) is 0 Å². The first-order valence-corrected chi connectivity index (χ1v) is 9.27. The lowest BCUT2D eigenvalue weighted by molar-refractivity contribution is 0.649. The third kappa shape index (κ3) is 4.09. The molecule has 0 unspecified atom stereocenters. The van der Waals surface area contributed by atoms with E-state index in [1.54, 1.807) is 11.3 Å². The Morgan fingerprint density at radius 2 is 2.14 bits per heavy atom. The van der Waals surface area contributed by atoms with Crippen LogP contribution in [0.1, 0.15) is 23.3 Å². The van der Waals surface area contributed by atoms with Crippen LogP contribution in [-0.4, -0.2) is 19.6 Å². The van der Waals surface area contributed by atoms with Gasteiger partial charge >= 0.3 is 0 Å². The van der Waals surface area contributed by atoms with Crippen LogP contribution in [0.3, 0.4) is 0 Å². The van der Waals surface area contributed by atoms with Crippen LogP contribution < -0.4 is 10.2 Å². The van der Waals surface area contributed by atoms with Gasteiger partial charge in [0, 0.05) is 46.6 Å². The molecule has 1 aliphatic rings. The summed E-state index contributed by atoms with van der Waals surface area (Å²) in [6, 6.07) is 11.1. The van der Waals surface area contributed by atoms with E-state index in [1.165, 1.54) is 46.4 Å². The smallest absolute Gasteiger partial charge is 0.0399 e. The van der Waals surface area contributed by atoms with E-state index in [-0.39, 0.29) is 0 Å². The van der Waals surface area contributed by atoms with Gasteiger partial charge in [-0.1, -0.05) is 18.2 Å². The number of nitrogens with one attached hydrogen (secondary N) is 1. The van der Waals surface area contributed by atoms with Gasteiger partial charge in [-0.05, 0) is 52.9 Å².